The van der Waals surface area contributed by atoms with Crippen LogP contribution >= 0.6 is 11.6 Å². The van der Waals surface area contributed by atoms with Gasteiger partial charge in [-0.1, -0.05) is 23.7 Å². The molecule has 0 heterocycles. The standard InChI is InChI=1S/C18H16ClNO5/c1-10(21)12-4-3-5-14(8-12)20-17(23)11(2)25-18(24)15-7-6-13(19)9-16(15)22/h3-9,11,22H,1-2H3,(H,20,23)/t11-/m1/s1. The summed E-state index contributed by atoms with van der Waals surface area (Å²) >= 11 is 5.70. The molecule has 0 saturated heterocycles. The summed E-state index contributed by atoms with van der Waals surface area (Å²) in [5.41, 5.74) is 0.770. The molecular formula is C18H16ClNO5. The van der Waals surface area contributed by atoms with Gasteiger partial charge in [0.15, 0.2) is 11.9 Å². The number of phenols is 1. The van der Waals surface area contributed by atoms with Crippen LogP contribution in [0.1, 0.15) is 34.6 Å². The van der Waals surface area contributed by atoms with Gasteiger partial charge in [-0.15, -0.1) is 0 Å². The number of benzene rings is 2. The first-order valence-electron chi connectivity index (χ1n) is 7.39. The van der Waals surface area contributed by atoms with E-state index in [4.69, 9.17) is 16.3 Å². The monoisotopic (exact) mass is 361 g/mol. The van der Waals surface area contributed by atoms with Crippen molar-refractivity contribution in [2.45, 2.75) is 20.0 Å². The molecule has 25 heavy (non-hydrogen) atoms. The Morgan fingerprint density at radius 1 is 1.16 bits per heavy atom. The Balaban J connectivity index is 2.03. The van der Waals surface area contributed by atoms with Crippen molar-refractivity contribution < 1.29 is 24.2 Å². The molecule has 0 aromatic heterocycles. The average Bonchev–Trinajstić information content (AvgIpc) is 2.54. The summed E-state index contributed by atoms with van der Waals surface area (Å²) in [6.45, 7) is 2.82. The number of aromatic hydroxyl groups is 1. The molecule has 0 radical (unpaired) electrons. The van der Waals surface area contributed by atoms with Crippen molar-refractivity contribution in [2.75, 3.05) is 5.32 Å². The summed E-state index contributed by atoms with van der Waals surface area (Å²) in [5.74, 6) is -1.88. The van der Waals surface area contributed by atoms with Gasteiger partial charge >= 0.3 is 5.97 Å². The van der Waals surface area contributed by atoms with E-state index in [1.165, 1.54) is 38.1 Å². The fraction of sp³-hybridized carbons (Fsp3) is 0.167. The first-order valence-corrected chi connectivity index (χ1v) is 7.77. The van der Waals surface area contributed by atoms with Gasteiger partial charge in [0, 0.05) is 16.3 Å². The van der Waals surface area contributed by atoms with E-state index in [0.717, 1.165) is 0 Å². The molecule has 0 aliphatic heterocycles. The molecule has 6 nitrogen and oxygen atoms in total. The zero-order valence-electron chi connectivity index (χ0n) is 13.6. The van der Waals surface area contributed by atoms with Crippen molar-refractivity contribution in [3.05, 3.63) is 58.6 Å². The minimum absolute atomic E-state index is 0.0948. The molecule has 2 rings (SSSR count). The average molecular weight is 362 g/mol. The number of carbonyl (C=O) groups excluding carboxylic acids is 3. The van der Waals surface area contributed by atoms with E-state index >= 15 is 0 Å². The van der Waals surface area contributed by atoms with Crippen molar-refractivity contribution in [1.29, 1.82) is 0 Å². The van der Waals surface area contributed by atoms with Crippen LogP contribution in [0.25, 0.3) is 0 Å². The number of anilines is 1. The third-order valence-corrected chi connectivity index (χ3v) is 3.60. The Bertz CT molecular complexity index is 834. The number of ketones is 1. The Labute approximate surface area is 149 Å². The molecule has 130 valence electrons. The number of ether oxygens (including phenoxy) is 1. The summed E-state index contributed by atoms with van der Waals surface area (Å²) in [6.07, 6.45) is -1.11. The molecule has 7 heteroatoms. The van der Waals surface area contributed by atoms with Crippen molar-refractivity contribution in [1.82, 2.24) is 0 Å². The van der Waals surface area contributed by atoms with E-state index in [1.54, 1.807) is 18.2 Å². The number of phenolic OH excluding ortho intramolecular Hbond substituents is 1. The van der Waals surface area contributed by atoms with E-state index in [-0.39, 0.29) is 22.1 Å². The molecule has 2 aromatic carbocycles. The molecule has 1 amide bonds. The maximum Gasteiger partial charge on any atom is 0.342 e. The molecule has 2 aromatic rings. The third kappa shape index (κ3) is 4.81. The number of nitrogens with one attached hydrogen (secondary N) is 1. The zero-order valence-corrected chi connectivity index (χ0v) is 14.3. The van der Waals surface area contributed by atoms with Gasteiger partial charge in [-0.25, -0.2) is 4.79 Å². The van der Waals surface area contributed by atoms with Crippen LogP contribution < -0.4 is 5.32 Å². The van der Waals surface area contributed by atoms with Gasteiger partial charge in [-0.3, -0.25) is 9.59 Å². The Hall–Kier alpha value is -2.86. The number of rotatable bonds is 5. The van der Waals surface area contributed by atoms with E-state index < -0.39 is 18.0 Å². The lowest BCUT2D eigenvalue weighted by Gasteiger charge is -2.14. The van der Waals surface area contributed by atoms with Crippen molar-refractivity contribution >= 4 is 34.9 Å². The van der Waals surface area contributed by atoms with Crippen LogP contribution in [0.2, 0.25) is 5.02 Å². The van der Waals surface area contributed by atoms with Gasteiger partial charge in [0.1, 0.15) is 11.3 Å². The number of esters is 1. The van der Waals surface area contributed by atoms with Crippen LogP contribution in [0.3, 0.4) is 0 Å². The summed E-state index contributed by atoms with van der Waals surface area (Å²) in [6, 6.07) is 10.3. The predicted molar refractivity (Wildman–Crippen MR) is 93.1 cm³/mol. The fourth-order valence-corrected chi connectivity index (χ4v) is 2.18. The second-order valence-electron chi connectivity index (χ2n) is 5.34. The summed E-state index contributed by atoms with van der Waals surface area (Å²) in [4.78, 5) is 35.5. The summed E-state index contributed by atoms with van der Waals surface area (Å²) < 4.78 is 5.05. The van der Waals surface area contributed by atoms with Crippen molar-refractivity contribution in [3.63, 3.8) is 0 Å². The highest BCUT2D eigenvalue weighted by atomic mass is 35.5. The van der Waals surface area contributed by atoms with E-state index in [0.29, 0.717) is 11.3 Å². The lowest BCUT2D eigenvalue weighted by molar-refractivity contribution is -0.123. The van der Waals surface area contributed by atoms with Gasteiger partial charge in [0.05, 0.1) is 0 Å². The predicted octanol–water partition coefficient (Wildman–Crippen LogP) is 3.43. The van der Waals surface area contributed by atoms with Gasteiger partial charge in [-0.2, -0.15) is 0 Å². The number of halogens is 1. The molecule has 2 N–H and O–H groups in total. The van der Waals surface area contributed by atoms with Crippen LogP contribution in [-0.2, 0) is 9.53 Å². The first-order chi connectivity index (χ1) is 11.8. The molecule has 0 aliphatic carbocycles. The largest absolute Gasteiger partial charge is 0.507 e. The second kappa shape index (κ2) is 7.81. The molecule has 0 spiro atoms. The zero-order chi connectivity index (χ0) is 18.6. The van der Waals surface area contributed by atoms with E-state index in [2.05, 4.69) is 5.32 Å². The Morgan fingerprint density at radius 2 is 1.88 bits per heavy atom. The Kier molecular flexibility index (Phi) is 5.77. The van der Waals surface area contributed by atoms with Gasteiger partial charge in [-0.05, 0) is 44.2 Å². The van der Waals surface area contributed by atoms with E-state index in [9.17, 15) is 19.5 Å². The Morgan fingerprint density at radius 3 is 2.52 bits per heavy atom. The van der Waals surface area contributed by atoms with Gasteiger partial charge in [0.25, 0.3) is 5.91 Å². The molecule has 0 bridgehead atoms. The first kappa shape index (κ1) is 18.5. The van der Waals surface area contributed by atoms with Crippen LogP contribution in [0.5, 0.6) is 5.75 Å². The van der Waals surface area contributed by atoms with Crippen LogP contribution in [0, 0.1) is 0 Å². The van der Waals surface area contributed by atoms with Crippen molar-refractivity contribution in [2.24, 2.45) is 0 Å². The normalized spacial score (nSPS) is 11.5. The fourth-order valence-electron chi connectivity index (χ4n) is 2.01. The number of carbonyl (C=O) groups is 3. The lowest BCUT2D eigenvalue weighted by Crippen LogP contribution is -2.30. The minimum atomic E-state index is -1.11. The topological polar surface area (TPSA) is 92.7 Å². The molecule has 0 fully saturated rings. The molecule has 1 atom stereocenters. The van der Waals surface area contributed by atoms with Crippen LogP contribution in [-0.4, -0.2) is 28.9 Å². The number of hydrogen-bond acceptors (Lipinski definition) is 5. The van der Waals surface area contributed by atoms with Gasteiger partial charge in [0.2, 0.25) is 0 Å². The number of hydrogen-bond donors (Lipinski definition) is 2. The second-order valence-corrected chi connectivity index (χ2v) is 5.77. The molecule has 0 unspecified atom stereocenters. The maximum absolute atomic E-state index is 12.1. The number of amides is 1. The van der Waals surface area contributed by atoms with E-state index in [1.807, 2.05) is 0 Å². The van der Waals surface area contributed by atoms with Crippen LogP contribution in [0.4, 0.5) is 5.69 Å². The minimum Gasteiger partial charge on any atom is -0.507 e. The van der Waals surface area contributed by atoms with Crippen molar-refractivity contribution in [3.8, 4) is 5.75 Å². The quantitative estimate of drug-likeness (QED) is 0.628. The molecule has 0 aliphatic rings. The highest BCUT2D eigenvalue weighted by Gasteiger charge is 2.21. The SMILES string of the molecule is CC(=O)c1cccc(NC(=O)[C@@H](C)OC(=O)c2ccc(Cl)cc2O)c1. The third-order valence-electron chi connectivity index (χ3n) is 3.37. The lowest BCUT2D eigenvalue weighted by atomic mass is 10.1. The smallest absolute Gasteiger partial charge is 0.342 e. The summed E-state index contributed by atoms with van der Waals surface area (Å²) in [5, 5.41) is 12.5. The molecule has 0 saturated carbocycles. The number of Topliss-reactive ketones (excluding diaryl/α,β-unsaturated/α-hetero) is 1. The summed E-state index contributed by atoms with van der Waals surface area (Å²) in [7, 11) is 0. The maximum atomic E-state index is 12.1. The highest BCUT2D eigenvalue weighted by Crippen LogP contribution is 2.23. The van der Waals surface area contributed by atoms with Gasteiger partial charge < -0.3 is 15.2 Å². The highest BCUT2D eigenvalue weighted by molar-refractivity contribution is 6.30. The van der Waals surface area contributed by atoms with Crippen LogP contribution in [0.15, 0.2) is 42.5 Å². The molecular weight excluding hydrogens is 346 g/mol.